The summed E-state index contributed by atoms with van der Waals surface area (Å²) in [5, 5.41) is 6.55. The molecule has 8 nitrogen and oxygen atoms in total. The number of benzene rings is 1. The van der Waals surface area contributed by atoms with E-state index in [0.717, 1.165) is 5.01 Å². The summed E-state index contributed by atoms with van der Waals surface area (Å²) >= 11 is 0. The number of carbonyl (C=O) groups is 2. The Labute approximate surface area is 175 Å². The SMILES string of the molecule is CC1=NC2C(c3ccccc3)C(C(F)(F)F)NN2C(=O)/C1=C1\NC2C(=O)NCCC2O1. The van der Waals surface area contributed by atoms with Gasteiger partial charge in [0.25, 0.3) is 5.91 Å². The average molecular weight is 435 g/mol. The Balaban J connectivity index is 1.54. The molecule has 3 saturated heterocycles. The van der Waals surface area contributed by atoms with E-state index in [4.69, 9.17) is 4.74 Å². The maximum atomic E-state index is 13.9. The molecule has 3 fully saturated rings. The number of hydrogen-bond donors (Lipinski definition) is 3. The molecule has 4 aliphatic rings. The van der Waals surface area contributed by atoms with Crippen LogP contribution in [0.15, 0.2) is 46.8 Å². The van der Waals surface area contributed by atoms with E-state index in [9.17, 15) is 22.8 Å². The van der Waals surface area contributed by atoms with Crippen LogP contribution in [-0.4, -0.2) is 59.6 Å². The van der Waals surface area contributed by atoms with Crippen LogP contribution in [0.1, 0.15) is 24.8 Å². The highest BCUT2D eigenvalue weighted by Gasteiger charge is 2.58. The second-order valence-electron chi connectivity index (χ2n) is 7.95. The summed E-state index contributed by atoms with van der Waals surface area (Å²) in [7, 11) is 0. The number of rotatable bonds is 1. The quantitative estimate of drug-likeness (QED) is 0.571. The number of halogens is 3. The summed E-state index contributed by atoms with van der Waals surface area (Å²) in [6.07, 6.45) is -5.54. The molecule has 0 aromatic heterocycles. The highest BCUT2D eigenvalue weighted by Crippen LogP contribution is 2.43. The van der Waals surface area contributed by atoms with Gasteiger partial charge in [0, 0.05) is 13.0 Å². The number of amides is 2. The van der Waals surface area contributed by atoms with Crippen molar-refractivity contribution in [1.82, 2.24) is 21.1 Å². The Morgan fingerprint density at radius 1 is 1.19 bits per heavy atom. The van der Waals surface area contributed by atoms with E-state index in [-0.39, 0.29) is 23.1 Å². The molecular formula is C20H20F3N5O3. The van der Waals surface area contributed by atoms with Crippen molar-refractivity contribution in [2.75, 3.05) is 6.54 Å². The molecule has 4 heterocycles. The molecule has 1 aromatic carbocycles. The fourth-order valence-electron chi connectivity index (χ4n) is 4.60. The normalized spacial score (nSPS) is 35.0. The molecule has 5 rings (SSSR count). The maximum absolute atomic E-state index is 13.9. The summed E-state index contributed by atoms with van der Waals surface area (Å²) in [5.41, 5.74) is 3.06. The minimum atomic E-state index is -4.59. The number of ether oxygens (including phenoxy) is 1. The van der Waals surface area contributed by atoms with Crippen LogP contribution in [0.2, 0.25) is 0 Å². The molecule has 31 heavy (non-hydrogen) atoms. The third-order valence-corrected chi connectivity index (χ3v) is 6.05. The van der Waals surface area contributed by atoms with Crippen molar-refractivity contribution in [3.63, 3.8) is 0 Å². The van der Waals surface area contributed by atoms with Gasteiger partial charge in [-0.15, -0.1) is 0 Å². The first-order valence-corrected chi connectivity index (χ1v) is 9.97. The van der Waals surface area contributed by atoms with Gasteiger partial charge < -0.3 is 15.4 Å². The number of carbonyl (C=O) groups excluding carboxylic acids is 2. The van der Waals surface area contributed by atoms with Crippen LogP contribution in [-0.2, 0) is 14.3 Å². The third kappa shape index (κ3) is 3.14. The third-order valence-electron chi connectivity index (χ3n) is 6.05. The summed E-state index contributed by atoms with van der Waals surface area (Å²) in [6.45, 7) is 2.01. The standard InChI is InChI=1S/C20H20F3N5O3/c1-9-12(18-26-14-11(31-18)7-8-24-17(14)29)19(30)28-16(25-9)13(10-5-3-2-4-6-10)15(27-28)20(21,22)23/h2-6,11,13-16,26-27H,7-8H2,1H3,(H,24,29)/b18-12+. The van der Waals surface area contributed by atoms with Gasteiger partial charge in [0.1, 0.15) is 29.9 Å². The van der Waals surface area contributed by atoms with Crippen molar-refractivity contribution in [2.45, 2.75) is 49.8 Å². The van der Waals surface area contributed by atoms with Crippen molar-refractivity contribution in [3.8, 4) is 0 Å². The predicted molar refractivity (Wildman–Crippen MR) is 102 cm³/mol. The monoisotopic (exact) mass is 435 g/mol. The topological polar surface area (TPSA) is 95.1 Å². The fraction of sp³-hybridized carbons (Fsp3) is 0.450. The van der Waals surface area contributed by atoms with Gasteiger partial charge in [-0.1, -0.05) is 30.3 Å². The molecule has 2 amide bonds. The minimum Gasteiger partial charge on any atom is -0.472 e. The van der Waals surface area contributed by atoms with Crippen molar-refractivity contribution >= 4 is 17.5 Å². The molecule has 11 heteroatoms. The number of aliphatic imine (C=N–C) groups is 1. The largest absolute Gasteiger partial charge is 0.472 e. The summed E-state index contributed by atoms with van der Waals surface area (Å²) in [4.78, 5) is 29.8. The van der Waals surface area contributed by atoms with E-state index in [1.807, 2.05) is 0 Å². The molecule has 0 bridgehead atoms. The maximum Gasteiger partial charge on any atom is 0.406 e. The number of nitrogens with zero attached hydrogens (tertiary/aromatic N) is 2. The molecule has 0 aliphatic carbocycles. The molecule has 0 spiro atoms. The van der Waals surface area contributed by atoms with Crippen LogP contribution in [0.4, 0.5) is 13.2 Å². The van der Waals surface area contributed by atoms with Crippen LogP contribution in [0.5, 0.6) is 0 Å². The second-order valence-corrected chi connectivity index (χ2v) is 7.95. The first kappa shape index (κ1) is 19.9. The molecule has 1 aromatic rings. The van der Waals surface area contributed by atoms with Crippen molar-refractivity contribution in [1.29, 1.82) is 0 Å². The number of hydrogen-bond acceptors (Lipinski definition) is 6. The number of nitrogens with one attached hydrogen (secondary N) is 3. The fourth-order valence-corrected chi connectivity index (χ4v) is 4.60. The van der Waals surface area contributed by atoms with Crippen LogP contribution in [0.3, 0.4) is 0 Å². The summed E-state index contributed by atoms with van der Waals surface area (Å²) < 4.78 is 47.4. The van der Waals surface area contributed by atoms with Crippen molar-refractivity contribution in [3.05, 3.63) is 47.4 Å². The first-order chi connectivity index (χ1) is 14.8. The lowest BCUT2D eigenvalue weighted by atomic mass is 9.89. The highest BCUT2D eigenvalue weighted by atomic mass is 19.4. The van der Waals surface area contributed by atoms with Gasteiger partial charge in [-0.25, -0.2) is 10.4 Å². The number of alkyl halides is 3. The zero-order valence-electron chi connectivity index (χ0n) is 16.4. The molecule has 3 N–H and O–H groups in total. The summed E-state index contributed by atoms with van der Waals surface area (Å²) in [5.74, 6) is -1.95. The predicted octanol–water partition coefficient (Wildman–Crippen LogP) is 0.937. The lowest BCUT2D eigenvalue weighted by Gasteiger charge is -2.30. The van der Waals surface area contributed by atoms with Gasteiger partial charge in [0.05, 0.1) is 11.6 Å². The van der Waals surface area contributed by atoms with Gasteiger partial charge in [0.2, 0.25) is 11.8 Å². The van der Waals surface area contributed by atoms with Crippen LogP contribution in [0.25, 0.3) is 0 Å². The van der Waals surface area contributed by atoms with Crippen LogP contribution < -0.4 is 16.1 Å². The molecular weight excluding hydrogens is 415 g/mol. The lowest BCUT2D eigenvalue weighted by Crippen LogP contribution is -2.52. The Kier molecular flexibility index (Phi) is 4.47. The highest BCUT2D eigenvalue weighted by molar-refractivity contribution is 6.22. The molecule has 4 aliphatic heterocycles. The van der Waals surface area contributed by atoms with E-state index in [1.54, 1.807) is 37.3 Å². The second kappa shape index (κ2) is 6.98. The minimum absolute atomic E-state index is 0.0283. The zero-order chi connectivity index (χ0) is 21.9. The molecule has 0 radical (unpaired) electrons. The molecule has 5 atom stereocenters. The Morgan fingerprint density at radius 2 is 1.94 bits per heavy atom. The number of hydrazine groups is 1. The van der Waals surface area contributed by atoms with E-state index in [0.29, 0.717) is 18.5 Å². The first-order valence-electron chi connectivity index (χ1n) is 9.97. The van der Waals surface area contributed by atoms with Gasteiger partial charge in [-0.2, -0.15) is 13.2 Å². The van der Waals surface area contributed by atoms with Gasteiger partial charge >= 0.3 is 6.18 Å². The van der Waals surface area contributed by atoms with Gasteiger partial charge in [0.15, 0.2) is 0 Å². The zero-order valence-corrected chi connectivity index (χ0v) is 16.4. The van der Waals surface area contributed by atoms with Crippen molar-refractivity contribution in [2.24, 2.45) is 4.99 Å². The van der Waals surface area contributed by atoms with Crippen LogP contribution in [0, 0.1) is 0 Å². The number of piperidine rings is 1. The van der Waals surface area contributed by atoms with E-state index >= 15 is 0 Å². The molecule has 5 unspecified atom stereocenters. The number of fused-ring (bicyclic) bond motifs is 2. The Morgan fingerprint density at radius 3 is 2.61 bits per heavy atom. The molecule has 164 valence electrons. The van der Waals surface area contributed by atoms with Gasteiger partial charge in [-0.05, 0) is 12.5 Å². The average Bonchev–Trinajstić information content (AvgIpc) is 3.31. The smallest absolute Gasteiger partial charge is 0.406 e. The van der Waals surface area contributed by atoms with Gasteiger partial charge in [-0.3, -0.25) is 14.6 Å². The van der Waals surface area contributed by atoms with E-state index in [2.05, 4.69) is 21.1 Å². The van der Waals surface area contributed by atoms with E-state index < -0.39 is 42.4 Å². The Bertz CT molecular complexity index is 994. The van der Waals surface area contributed by atoms with Crippen LogP contribution >= 0.6 is 0 Å². The Hall–Kier alpha value is -3.08. The molecule has 0 saturated carbocycles. The lowest BCUT2D eigenvalue weighted by molar-refractivity contribution is -0.161. The van der Waals surface area contributed by atoms with Crippen molar-refractivity contribution < 1.29 is 27.5 Å². The van der Waals surface area contributed by atoms with E-state index in [1.165, 1.54) is 0 Å². The summed E-state index contributed by atoms with van der Waals surface area (Å²) in [6, 6.07) is 5.60.